The third-order valence-corrected chi connectivity index (χ3v) is 11.9. The molecule has 3 saturated carbocycles. The van der Waals surface area contributed by atoms with Crippen LogP contribution in [0.25, 0.3) is 0 Å². The van der Waals surface area contributed by atoms with E-state index >= 15 is 0 Å². The van der Waals surface area contributed by atoms with Crippen LogP contribution in [0.4, 0.5) is 0 Å². The van der Waals surface area contributed by atoms with E-state index in [1.807, 2.05) is 11.3 Å². The number of aliphatic hydroxyl groups is 3. The largest absolute Gasteiger partial charge is 0.395 e. The second-order valence-corrected chi connectivity index (χ2v) is 14.7. The first-order valence-electron chi connectivity index (χ1n) is 15.0. The molecule has 0 aliphatic heterocycles. The van der Waals surface area contributed by atoms with Crippen molar-refractivity contribution < 1.29 is 15.3 Å². The van der Waals surface area contributed by atoms with Gasteiger partial charge < -0.3 is 15.3 Å². The zero-order chi connectivity index (χ0) is 26.8. The smallest absolute Gasteiger partial charge is 0.0602 e. The molecule has 1 heterocycles. The van der Waals surface area contributed by atoms with E-state index in [-0.39, 0.29) is 12.0 Å². The van der Waals surface area contributed by atoms with Crippen molar-refractivity contribution in [3.05, 3.63) is 45.2 Å². The molecule has 0 radical (unpaired) electrons. The Morgan fingerprint density at radius 1 is 1.11 bits per heavy atom. The molecule has 4 rings (SSSR count). The fourth-order valence-corrected chi connectivity index (χ4v) is 9.65. The average molecular weight is 529 g/mol. The molecule has 7 atom stereocenters. The van der Waals surface area contributed by atoms with Gasteiger partial charge in [-0.15, -0.1) is 11.3 Å². The maximum atomic E-state index is 10.6. The van der Waals surface area contributed by atoms with Crippen molar-refractivity contribution in [2.24, 2.45) is 29.1 Å². The number of allylic oxidation sites excluding steroid dienone is 3. The third kappa shape index (κ3) is 6.13. The number of hydrogen-bond donors (Lipinski definition) is 3. The van der Waals surface area contributed by atoms with Gasteiger partial charge in [-0.1, -0.05) is 63.8 Å². The van der Waals surface area contributed by atoms with Gasteiger partial charge in [-0.2, -0.15) is 0 Å². The zero-order valence-electron chi connectivity index (χ0n) is 24.0. The van der Waals surface area contributed by atoms with Gasteiger partial charge in [0.2, 0.25) is 0 Å². The van der Waals surface area contributed by atoms with Gasteiger partial charge in [-0.3, -0.25) is 0 Å². The molecular weight excluding hydrogens is 476 g/mol. The van der Waals surface area contributed by atoms with Crippen molar-refractivity contribution in [3.63, 3.8) is 0 Å². The summed E-state index contributed by atoms with van der Waals surface area (Å²) >= 11 is 1.86. The van der Waals surface area contributed by atoms with Crippen LogP contribution in [0.15, 0.2) is 35.4 Å². The number of aliphatic hydroxyl groups excluding tert-OH is 3. The average Bonchev–Trinajstić information content (AvgIpc) is 3.43. The molecule has 0 saturated heterocycles. The highest BCUT2D eigenvalue weighted by Gasteiger charge is 2.50. The Morgan fingerprint density at radius 2 is 1.84 bits per heavy atom. The number of hydrogen-bond acceptors (Lipinski definition) is 4. The molecule has 37 heavy (non-hydrogen) atoms. The zero-order valence-corrected chi connectivity index (χ0v) is 24.8. The third-order valence-electron chi connectivity index (χ3n) is 10.7. The molecule has 3 nitrogen and oxygen atoms in total. The van der Waals surface area contributed by atoms with Gasteiger partial charge in [0.15, 0.2) is 0 Å². The summed E-state index contributed by atoms with van der Waals surface area (Å²) in [5.74, 6) is 2.56. The van der Waals surface area contributed by atoms with Crippen molar-refractivity contribution in [2.75, 3.05) is 6.61 Å². The molecule has 208 valence electrons. The van der Waals surface area contributed by atoms with Gasteiger partial charge in [0.1, 0.15) is 0 Å². The highest BCUT2D eigenvalue weighted by atomic mass is 32.1. The number of aryl methyl sites for hydroxylation is 1. The van der Waals surface area contributed by atoms with Crippen molar-refractivity contribution >= 4 is 11.3 Å². The molecule has 3 aliphatic carbocycles. The van der Waals surface area contributed by atoms with Crippen LogP contribution in [-0.4, -0.2) is 34.1 Å². The SMILES string of the molecule is Cc1ccc([C@](CO)(CCCC(C)[C@H]2CCC3/C(=C\C=C4C[C@@H](O)C[C@@H](O)C4)CCC[C@@]32C)C(C)C)s1. The monoisotopic (exact) mass is 528 g/mol. The maximum Gasteiger partial charge on any atom is 0.0602 e. The molecule has 4 heteroatoms. The molecule has 1 aromatic rings. The van der Waals surface area contributed by atoms with Crippen molar-refractivity contribution in [1.82, 2.24) is 0 Å². The summed E-state index contributed by atoms with van der Waals surface area (Å²) in [6.45, 7) is 12.0. The lowest BCUT2D eigenvalue weighted by atomic mass is 9.60. The minimum Gasteiger partial charge on any atom is -0.395 e. The fraction of sp³-hybridized carbons (Fsp3) is 0.758. The molecule has 3 N–H and O–H groups in total. The van der Waals surface area contributed by atoms with Crippen LogP contribution in [0, 0.1) is 36.0 Å². The Labute approximate surface area is 230 Å². The van der Waals surface area contributed by atoms with Crippen LogP contribution < -0.4 is 0 Å². The topological polar surface area (TPSA) is 60.7 Å². The normalized spacial score (nSPS) is 35.2. The van der Waals surface area contributed by atoms with Crippen LogP contribution in [-0.2, 0) is 5.41 Å². The minimum atomic E-state index is -0.397. The summed E-state index contributed by atoms with van der Waals surface area (Å²) < 4.78 is 0. The molecule has 0 amide bonds. The van der Waals surface area contributed by atoms with Gasteiger partial charge in [0.05, 0.1) is 18.8 Å². The summed E-state index contributed by atoms with van der Waals surface area (Å²) in [4.78, 5) is 2.69. The molecular formula is C33H52O3S. The molecule has 1 aromatic heterocycles. The predicted octanol–water partition coefficient (Wildman–Crippen LogP) is 7.72. The van der Waals surface area contributed by atoms with Crippen molar-refractivity contribution in [1.29, 1.82) is 0 Å². The lowest BCUT2D eigenvalue weighted by Gasteiger charge is -2.44. The van der Waals surface area contributed by atoms with E-state index in [4.69, 9.17) is 0 Å². The molecule has 0 aromatic carbocycles. The maximum absolute atomic E-state index is 10.6. The molecule has 0 spiro atoms. The summed E-state index contributed by atoms with van der Waals surface area (Å²) in [6, 6.07) is 4.46. The quantitative estimate of drug-likeness (QED) is 0.307. The Bertz CT molecular complexity index is 949. The molecule has 3 fully saturated rings. The highest BCUT2D eigenvalue weighted by molar-refractivity contribution is 7.12. The Balaban J connectivity index is 1.41. The number of fused-ring (bicyclic) bond motifs is 1. The first kappa shape index (κ1) is 29.1. The molecule has 2 unspecified atom stereocenters. The van der Waals surface area contributed by atoms with Gasteiger partial charge in [-0.25, -0.2) is 0 Å². The lowest BCUT2D eigenvalue weighted by molar-refractivity contribution is 0.0609. The van der Waals surface area contributed by atoms with Gasteiger partial charge in [0, 0.05) is 15.2 Å². The van der Waals surface area contributed by atoms with E-state index in [0.29, 0.717) is 42.4 Å². The second-order valence-electron chi connectivity index (χ2n) is 13.4. The number of thiophene rings is 1. The summed E-state index contributed by atoms with van der Waals surface area (Å²) in [7, 11) is 0. The van der Waals surface area contributed by atoms with E-state index < -0.39 is 12.2 Å². The van der Waals surface area contributed by atoms with Crippen LogP contribution in [0.3, 0.4) is 0 Å². The van der Waals surface area contributed by atoms with Crippen LogP contribution >= 0.6 is 11.3 Å². The van der Waals surface area contributed by atoms with Crippen LogP contribution in [0.1, 0.15) is 108 Å². The van der Waals surface area contributed by atoms with Gasteiger partial charge in [-0.05, 0) is 106 Å². The summed E-state index contributed by atoms with van der Waals surface area (Å²) in [5, 5.41) is 30.7. The summed E-state index contributed by atoms with van der Waals surface area (Å²) in [6.07, 6.45) is 15.6. The Kier molecular flexibility index (Phi) is 9.47. The number of rotatable bonds is 9. The highest BCUT2D eigenvalue weighted by Crippen LogP contribution is 2.60. The van der Waals surface area contributed by atoms with Crippen molar-refractivity contribution in [2.45, 2.75) is 123 Å². The van der Waals surface area contributed by atoms with Gasteiger partial charge >= 0.3 is 0 Å². The fourth-order valence-electron chi connectivity index (χ4n) is 8.42. The standard InChI is InChI=1S/C33H52O3S/c1-22(2)33(21-34,31-15-10-24(4)37-31)17-6-8-23(3)29-13-14-30-26(9-7-16-32(29,30)5)12-11-25-18-27(35)20-28(36)19-25/h10-12,15,22-23,27-30,34-36H,6-9,13-14,16-21H2,1-5H3/b25-11?,26-12-/t23?,27-,28+,29-,30?,32-,33+/m1/s1. The van der Waals surface area contributed by atoms with Crippen LogP contribution in [0.2, 0.25) is 0 Å². The van der Waals surface area contributed by atoms with E-state index in [1.165, 1.54) is 60.3 Å². The van der Waals surface area contributed by atoms with Gasteiger partial charge in [0.25, 0.3) is 0 Å². The van der Waals surface area contributed by atoms with Crippen LogP contribution in [0.5, 0.6) is 0 Å². The molecule has 3 aliphatic rings. The Morgan fingerprint density at radius 3 is 2.46 bits per heavy atom. The Hall–Kier alpha value is -0.940. The molecule has 0 bridgehead atoms. The van der Waals surface area contributed by atoms with E-state index in [2.05, 4.69) is 58.9 Å². The summed E-state index contributed by atoms with van der Waals surface area (Å²) in [5.41, 5.74) is 3.07. The minimum absolute atomic E-state index is 0.116. The lowest BCUT2D eigenvalue weighted by Crippen LogP contribution is -2.37. The predicted molar refractivity (Wildman–Crippen MR) is 156 cm³/mol. The second kappa shape index (κ2) is 12.1. The van der Waals surface area contributed by atoms with E-state index in [1.54, 1.807) is 5.57 Å². The van der Waals surface area contributed by atoms with Crippen molar-refractivity contribution in [3.8, 4) is 0 Å². The first-order valence-corrected chi connectivity index (χ1v) is 15.8. The first-order chi connectivity index (χ1) is 17.6. The van der Waals surface area contributed by atoms with E-state index in [0.717, 1.165) is 12.3 Å². The van der Waals surface area contributed by atoms with E-state index in [9.17, 15) is 15.3 Å².